The number of nitrogens with zero attached hydrogens (tertiary/aromatic N) is 2. The van der Waals surface area contributed by atoms with Gasteiger partial charge in [-0.1, -0.05) is 28.7 Å². The van der Waals surface area contributed by atoms with E-state index in [1.807, 2.05) is 6.08 Å². The molecule has 2 nitrogen and oxygen atoms in total. The van der Waals surface area contributed by atoms with Gasteiger partial charge in [0.2, 0.25) is 0 Å². The lowest BCUT2D eigenvalue weighted by molar-refractivity contribution is 0.0813. The van der Waals surface area contributed by atoms with Gasteiger partial charge >= 0.3 is 0 Å². The van der Waals surface area contributed by atoms with Gasteiger partial charge in [-0.25, -0.2) is 0 Å². The molecule has 1 heterocycles. The molecule has 0 amide bonds. The molecule has 0 aromatic rings. The van der Waals surface area contributed by atoms with Crippen LogP contribution in [0.5, 0.6) is 0 Å². The fraction of sp³-hybridized carbons (Fsp3) is 0.857. The van der Waals surface area contributed by atoms with Gasteiger partial charge in [0, 0.05) is 42.7 Å². The molecule has 0 radical (unpaired) electrons. The van der Waals surface area contributed by atoms with Crippen LogP contribution in [0.15, 0.2) is 12.7 Å². The molecule has 0 spiro atoms. The zero-order valence-corrected chi connectivity index (χ0v) is 12.9. The van der Waals surface area contributed by atoms with Gasteiger partial charge in [0.25, 0.3) is 0 Å². The van der Waals surface area contributed by atoms with Crippen LogP contribution in [0.2, 0.25) is 0 Å². The van der Waals surface area contributed by atoms with E-state index in [9.17, 15) is 0 Å². The van der Waals surface area contributed by atoms with Crippen molar-refractivity contribution < 1.29 is 0 Å². The molecule has 98 valence electrons. The quantitative estimate of drug-likeness (QED) is 0.438. The lowest BCUT2D eigenvalue weighted by Gasteiger charge is -2.41. The molecule has 0 bridgehead atoms. The van der Waals surface area contributed by atoms with Gasteiger partial charge in [-0.3, -0.25) is 4.90 Å². The second kappa shape index (κ2) is 7.10. The van der Waals surface area contributed by atoms with Crippen molar-refractivity contribution in [3.05, 3.63) is 12.7 Å². The lowest BCUT2D eigenvalue weighted by Crippen LogP contribution is -2.51. The Morgan fingerprint density at radius 2 is 1.71 bits per heavy atom. The van der Waals surface area contributed by atoms with E-state index in [1.54, 1.807) is 0 Å². The molecule has 0 unspecified atom stereocenters. The molecule has 0 aromatic carbocycles. The van der Waals surface area contributed by atoms with Crippen molar-refractivity contribution in [2.75, 3.05) is 32.7 Å². The predicted molar refractivity (Wildman–Crippen MR) is 82.9 cm³/mol. The van der Waals surface area contributed by atoms with Gasteiger partial charge < -0.3 is 4.90 Å². The summed E-state index contributed by atoms with van der Waals surface area (Å²) in [6.45, 7) is 10.1. The predicted octanol–water partition coefficient (Wildman–Crippen LogP) is 2.93. The highest BCUT2D eigenvalue weighted by molar-refractivity contribution is 14.1. The van der Waals surface area contributed by atoms with E-state index < -0.39 is 0 Å². The van der Waals surface area contributed by atoms with E-state index >= 15 is 0 Å². The maximum atomic E-state index is 3.80. The van der Waals surface area contributed by atoms with E-state index in [-0.39, 0.29) is 0 Å². The SMILES string of the molecule is C=CCCN1CCN(C2CCC(I)CC2)CC1. The molecule has 1 aliphatic carbocycles. The highest BCUT2D eigenvalue weighted by Gasteiger charge is 2.26. The molecule has 1 aliphatic heterocycles. The molecule has 1 saturated carbocycles. The summed E-state index contributed by atoms with van der Waals surface area (Å²) in [5.74, 6) is 0. The minimum atomic E-state index is 0.891. The van der Waals surface area contributed by atoms with E-state index in [0.29, 0.717) is 0 Å². The molecular weight excluding hydrogens is 323 g/mol. The van der Waals surface area contributed by atoms with E-state index in [4.69, 9.17) is 0 Å². The van der Waals surface area contributed by atoms with Gasteiger partial charge in [-0.2, -0.15) is 0 Å². The van der Waals surface area contributed by atoms with Gasteiger partial charge in [0.05, 0.1) is 0 Å². The average molecular weight is 348 g/mol. The van der Waals surface area contributed by atoms with Gasteiger partial charge in [-0.05, 0) is 32.1 Å². The number of rotatable bonds is 4. The lowest BCUT2D eigenvalue weighted by atomic mass is 9.93. The van der Waals surface area contributed by atoms with Crippen molar-refractivity contribution in [1.82, 2.24) is 9.80 Å². The first-order chi connectivity index (χ1) is 8.29. The van der Waals surface area contributed by atoms with Crippen molar-refractivity contribution >= 4 is 22.6 Å². The maximum absolute atomic E-state index is 3.80. The number of halogens is 1. The summed E-state index contributed by atoms with van der Waals surface area (Å²) in [5.41, 5.74) is 0. The Kier molecular flexibility index (Phi) is 5.77. The first-order valence-electron chi connectivity index (χ1n) is 7.01. The normalized spacial score (nSPS) is 32.5. The summed E-state index contributed by atoms with van der Waals surface area (Å²) in [5, 5.41) is 0. The monoisotopic (exact) mass is 348 g/mol. The van der Waals surface area contributed by atoms with Gasteiger partial charge in [-0.15, -0.1) is 6.58 Å². The molecule has 17 heavy (non-hydrogen) atoms. The molecule has 2 fully saturated rings. The van der Waals surface area contributed by atoms with Crippen molar-refractivity contribution in [3.63, 3.8) is 0 Å². The summed E-state index contributed by atoms with van der Waals surface area (Å²) in [6, 6.07) is 0.891. The molecule has 1 saturated heterocycles. The Bertz CT molecular complexity index is 228. The largest absolute Gasteiger partial charge is 0.300 e. The second-order valence-corrected chi connectivity index (χ2v) is 7.12. The highest BCUT2D eigenvalue weighted by atomic mass is 127. The molecule has 3 heteroatoms. The van der Waals surface area contributed by atoms with Crippen LogP contribution in [-0.2, 0) is 0 Å². The fourth-order valence-corrected chi connectivity index (χ4v) is 3.75. The summed E-state index contributed by atoms with van der Waals surface area (Å²) >= 11 is 2.62. The third kappa shape index (κ3) is 4.21. The fourth-order valence-electron chi connectivity index (χ4n) is 3.03. The summed E-state index contributed by atoms with van der Waals surface area (Å²) < 4.78 is 0.942. The Hall–Kier alpha value is 0.390. The van der Waals surface area contributed by atoms with Crippen LogP contribution < -0.4 is 0 Å². The third-order valence-corrected chi connectivity index (χ3v) is 5.44. The zero-order chi connectivity index (χ0) is 12.1. The standard InChI is InChI=1S/C14H25IN2/c1-2-3-8-16-9-11-17(12-10-16)14-6-4-13(15)5-7-14/h2,13-14H,1,3-12H2. The number of piperazine rings is 1. The zero-order valence-electron chi connectivity index (χ0n) is 10.8. The van der Waals surface area contributed by atoms with Crippen molar-refractivity contribution in [1.29, 1.82) is 0 Å². The van der Waals surface area contributed by atoms with Gasteiger partial charge in [0.1, 0.15) is 0 Å². The van der Waals surface area contributed by atoms with E-state index in [1.165, 1.54) is 58.4 Å². The minimum Gasteiger partial charge on any atom is -0.300 e. The Balaban J connectivity index is 1.69. The van der Waals surface area contributed by atoms with Crippen LogP contribution in [0.3, 0.4) is 0 Å². The van der Waals surface area contributed by atoms with Gasteiger partial charge in [0.15, 0.2) is 0 Å². The molecule has 2 aliphatic rings. The highest BCUT2D eigenvalue weighted by Crippen LogP contribution is 2.28. The van der Waals surface area contributed by atoms with E-state index in [2.05, 4.69) is 39.0 Å². The van der Waals surface area contributed by atoms with Crippen LogP contribution in [0.25, 0.3) is 0 Å². The summed E-state index contributed by atoms with van der Waals surface area (Å²) in [7, 11) is 0. The smallest absolute Gasteiger partial charge is 0.0113 e. The first kappa shape index (κ1) is 13.8. The average Bonchev–Trinajstić information content (AvgIpc) is 2.38. The van der Waals surface area contributed by atoms with Crippen LogP contribution in [0.4, 0.5) is 0 Å². The minimum absolute atomic E-state index is 0.891. The van der Waals surface area contributed by atoms with Crippen molar-refractivity contribution in [2.24, 2.45) is 0 Å². The van der Waals surface area contributed by atoms with Crippen molar-refractivity contribution in [2.45, 2.75) is 42.1 Å². The van der Waals surface area contributed by atoms with Crippen LogP contribution in [-0.4, -0.2) is 52.5 Å². The number of hydrogen-bond acceptors (Lipinski definition) is 2. The molecule has 0 N–H and O–H groups in total. The van der Waals surface area contributed by atoms with E-state index in [0.717, 1.165) is 16.4 Å². The van der Waals surface area contributed by atoms with Crippen LogP contribution >= 0.6 is 22.6 Å². The summed E-state index contributed by atoms with van der Waals surface area (Å²) in [6.07, 6.45) is 8.90. The second-order valence-electron chi connectivity index (χ2n) is 5.36. The van der Waals surface area contributed by atoms with Crippen molar-refractivity contribution in [3.8, 4) is 0 Å². The molecule has 0 aromatic heterocycles. The summed E-state index contributed by atoms with van der Waals surface area (Å²) in [4.78, 5) is 5.33. The van der Waals surface area contributed by atoms with Crippen LogP contribution in [0, 0.1) is 0 Å². The number of alkyl halides is 1. The molecule has 2 rings (SSSR count). The first-order valence-corrected chi connectivity index (χ1v) is 8.25. The Labute approximate surface area is 120 Å². The Morgan fingerprint density at radius 1 is 1.06 bits per heavy atom. The maximum Gasteiger partial charge on any atom is 0.0113 e. The third-order valence-electron chi connectivity index (χ3n) is 4.20. The number of hydrogen-bond donors (Lipinski definition) is 0. The topological polar surface area (TPSA) is 6.48 Å². The van der Waals surface area contributed by atoms with Crippen LogP contribution in [0.1, 0.15) is 32.1 Å². The molecule has 0 atom stereocenters. The molecular formula is C14H25IN2. The Morgan fingerprint density at radius 3 is 2.29 bits per heavy atom.